The van der Waals surface area contributed by atoms with Gasteiger partial charge in [-0.05, 0) is 6.07 Å². The summed E-state index contributed by atoms with van der Waals surface area (Å²) in [5.41, 5.74) is 6.60. The number of rotatable bonds is 5. The Labute approximate surface area is 112 Å². The number of nitrogens with zero attached hydrogens (tertiary/aromatic N) is 3. The molecule has 0 unspecified atom stereocenters. The maximum atomic E-state index is 5.59. The minimum atomic E-state index is 0.378. The standard InChI is InChI=1S/C13H18N4O2/c1-17-13(8-14)15-12(16-17)6-9-4-5-10(18-2)7-11(9)19-3/h4-5,7H,6,8,14H2,1-3H3. The highest BCUT2D eigenvalue weighted by Crippen LogP contribution is 2.25. The Balaban J connectivity index is 2.26. The fraction of sp³-hybridized carbons (Fsp3) is 0.385. The topological polar surface area (TPSA) is 75.2 Å². The van der Waals surface area contributed by atoms with Gasteiger partial charge in [0, 0.05) is 25.1 Å². The molecule has 2 N–H and O–H groups in total. The molecule has 2 aromatic rings. The number of hydrogen-bond donors (Lipinski definition) is 1. The molecule has 1 heterocycles. The van der Waals surface area contributed by atoms with Crippen LogP contribution in [-0.2, 0) is 20.0 Å². The molecule has 0 amide bonds. The Bertz CT molecular complexity index is 566. The minimum Gasteiger partial charge on any atom is -0.497 e. The fourth-order valence-electron chi connectivity index (χ4n) is 1.90. The first-order valence-corrected chi connectivity index (χ1v) is 5.97. The maximum Gasteiger partial charge on any atom is 0.155 e. The predicted octanol–water partition coefficient (Wildman–Crippen LogP) is 0.882. The van der Waals surface area contributed by atoms with Crippen LogP contribution in [0.25, 0.3) is 0 Å². The number of hydrogen-bond acceptors (Lipinski definition) is 5. The highest BCUT2D eigenvalue weighted by Gasteiger charge is 2.10. The van der Waals surface area contributed by atoms with E-state index in [0.717, 1.165) is 28.7 Å². The quantitative estimate of drug-likeness (QED) is 0.865. The van der Waals surface area contributed by atoms with Crippen molar-refractivity contribution in [3.05, 3.63) is 35.4 Å². The van der Waals surface area contributed by atoms with Crippen LogP contribution in [0.2, 0.25) is 0 Å². The predicted molar refractivity (Wildman–Crippen MR) is 71.2 cm³/mol. The highest BCUT2D eigenvalue weighted by atomic mass is 16.5. The lowest BCUT2D eigenvalue weighted by Gasteiger charge is -2.08. The molecule has 0 aliphatic heterocycles. The molecule has 1 aromatic carbocycles. The average Bonchev–Trinajstić information content (AvgIpc) is 2.79. The van der Waals surface area contributed by atoms with Gasteiger partial charge in [0.05, 0.1) is 20.8 Å². The van der Waals surface area contributed by atoms with Crippen molar-refractivity contribution in [2.75, 3.05) is 14.2 Å². The first-order valence-electron chi connectivity index (χ1n) is 5.97. The summed E-state index contributed by atoms with van der Waals surface area (Å²) < 4.78 is 12.2. The van der Waals surface area contributed by atoms with Crippen molar-refractivity contribution in [2.24, 2.45) is 12.8 Å². The number of aryl methyl sites for hydroxylation is 1. The first-order chi connectivity index (χ1) is 9.17. The summed E-state index contributed by atoms with van der Waals surface area (Å²) in [7, 11) is 5.10. The molecule has 0 saturated carbocycles. The van der Waals surface area contributed by atoms with Crippen LogP contribution in [0.15, 0.2) is 18.2 Å². The van der Waals surface area contributed by atoms with Gasteiger partial charge in [0.2, 0.25) is 0 Å². The van der Waals surface area contributed by atoms with Crippen molar-refractivity contribution in [2.45, 2.75) is 13.0 Å². The van der Waals surface area contributed by atoms with E-state index in [1.807, 2.05) is 25.2 Å². The van der Waals surface area contributed by atoms with E-state index in [2.05, 4.69) is 10.1 Å². The molecule has 0 fully saturated rings. The number of methoxy groups -OCH3 is 2. The van der Waals surface area contributed by atoms with E-state index < -0.39 is 0 Å². The third-order valence-electron chi connectivity index (χ3n) is 2.92. The normalized spacial score (nSPS) is 10.5. The van der Waals surface area contributed by atoms with Gasteiger partial charge in [0.15, 0.2) is 5.82 Å². The minimum absolute atomic E-state index is 0.378. The fourth-order valence-corrected chi connectivity index (χ4v) is 1.90. The van der Waals surface area contributed by atoms with Gasteiger partial charge >= 0.3 is 0 Å². The largest absolute Gasteiger partial charge is 0.497 e. The van der Waals surface area contributed by atoms with E-state index in [0.29, 0.717) is 13.0 Å². The second-order valence-corrected chi connectivity index (χ2v) is 4.13. The lowest BCUT2D eigenvalue weighted by Crippen LogP contribution is -2.05. The van der Waals surface area contributed by atoms with Crippen molar-refractivity contribution in [3.63, 3.8) is 0 Å². The molecule has 1 aromatic heterocycles. The van der Waals surface area contributed by atoms with E-state index in [1.165, 1.54) is 0 Å². The second kappa shape index (κ2) is 5.71. The third-order valence-corrected chi connectivity index (χ3v) is 2.92. The summed E-state index contributed by atoms with van der Waals surface area (Å²) in [5.74, 6) is 3.02. The van der Waals surface area contributed by atoms with Crippen molar-refractivity contribution in [1.29, 1.82) is 0 Å². The molecule has 0 bridgehead atoms. The highest BCUT2D eigenvalue weighted by molar-refractivity contribution is 5.42. The molecule has 0 radical (unpaired) electrons. The van der Waals surface area contributed by atoms with Crippen LogP contribution in [0, 0.1) is 0 Å². The molecule has 6 heteroatoms. The summed E-state index contributed by atoms with van der Waals surface area (Å²) in [4.78, 5) is 4.38. The van der Waals surface area contributed by atoms with Crippen molar-refractivity contribution in [1.82, 2.24) is 14.8 Å². The Morgan fingerprint density at radius 1 is 1.26 bits per heavy atom. The van der Waals surface area contributed by atoms with Crippen LogP contribution < -0.4 is 15.2 Å². The van der Waals surface area contributed by atoms with E-state index >= 15 is 0 Å². The van der Waals surface area contributed by atoms with Crippen LogP contribution in [0.1, 0.15) is 17.2 Å². The van der Waals surface area contributed by atoms with Gasteiger partial charge in [-0.25, -0.2) is 4.98 Å². The summed E-state index contributed by atoms with van der Waals surface area (Å²) in [6.45, 7) is 0.378. The van der Waals surface area contributed by atoms with Gasteiger partial charge in [0.25, 0.3) is 0 Å². The molecule has 0 saturated heterocycles. The van der Waals surface area contributed by atoms with E-state index in [4.69, 9.17) is 15.2 Å². The molecular formula is C13H18N4O2. The SMILES string of the molecule is COc1ccc(Cc2nc(CN)n(C)n2)c(OC)c1. The van der Waals surface area contributed by atoms with Crippen molar-refractivity contribution < 1.29 is 9.47 Å². The number of benzene rings is 1. The number of nitrogens with two attached hydrogens (primary N) is 1. The zero-order valence-corrected chi connectivity index (χ0v) is 11.4. The summed E-state index contributed by atoms with van der Waals surface area (Å²) in [5, 5.41) is 4.33. The van der Waals surface area contributed by atoms with Gasteiger partial charge in [-0.1, -0.05) is 6.07 Å². The lowest BCUT2D eigenvalue weighted by atomic mass is 10.1. The van der Waals surface area contributed by atoms with Crippen LogP contribution in [0.5, 0.6) is 11.5 Å². The van der Waals surface area contributed by atoms with Crippen LogP contribution in [-0.4, -0.2) is 29.0 Å². The van der Waals surface area contributed by atoms with E-state index in [1.54, 1.807) is 18.9 Å². The molecule has 0 aliphatic rings. The zero-order valence-electron chi connectivity index (χ0n) is 11.4. The maximum absolute atomic E-state index is 5.59. The average molecular weight is 262 g/mol. The summed E-state index contributed by atoms with van der Waals surface area (Å²) >= 11 is 0. The molecule has 102 valence electrons. The molecule has 0 spiro atoms. The Hall–Kier alpha value is -2.08. The van der Waals surface area contributed by atoms with E-state index in [-0.39, 0.29) is 0 Å². The van der Waals surface area contributed by atoms with Crippen LogP contribution in [0.4, 0.5) is 0 Å². The van der Waals surface area contributed by atoms with Crippen LogP contribution >= 0.6 is 0 Å². The molecule has 2 rings (SSSR count). The third kappa shape index (κ3) is 2.85. The summed E-state index contributed by atoms with van der Waals surface area (Å²) in [6, 6.07) is 5.70. The Morgan fingerprint density at radius 2 is 2.05 bits per heavy atom. The van der Waals surface area contributed by atoms with Gasteiger partial charge < -0.3 is 15.2 Å². The van der Waals surface area contributed by atoms with Gasteiger partial charge in [0.1, 0.15) is 17.3 Å². The smallest absolute Gasteiger partial charge is 0.155 e. The first kappa shape index (κ1) is 13.4. The number of ether oxygens (including phenoxy) is 2. The van der Waals surface area contributed by atoms with Gasteiger partial charge in [-0.15, -0.1) is 0 Å². The Morgan fingerprint density at radius 3 is 2.63 bits per heavy atom. The molecule has 6 nitrogen and oxygen atoms in total. The lowest BCUT2D eigenvalue weighted by molar-refractivity contribution is 0.391. The van der Waals surface area contributed by atoms with E-state index in [9.17, 15) is 0 Å². The molecule has 19 heavy (non-hydrogen) atoms. The van der Waals surface area contributed by atoms with Gasteiger partial charge in [-0.2, -0.15) is 5.10 Å². The zero-order chi connectivity index (χ0) is 13.8. The summed E-state index contributed by atoms with van der Waals surface area (Å²) in [6.07, 6.45) is 0.598. The monoisotopic (exact) mass is 262 g/mol. The Kier molecular flexibility index (Phi) is 4.01. The second-order valence-electron chi connectivity index (χ2n) is 4.13. The van der Waals surface area contributed by atoms with Crippen LogP contribution in [0.3, 0.4) is 0 Å². The van der Waals surface area contributed by atoms with Crippen molar-refractivity contribution in [3.8, 4) is 11.5 Å². The molecule has 0 aliphatic carbocycles. The van der Waals surface area contributed by atoms with Crippen molar-refractivity contribution >= 4 is 0 Å². The molecule has 0 atom stereocenters. The molecular weight excluding hydrogens is 244 g/mol. The van der Waals surface area contributed by atoms with Gasteiger partial charge in [-0.3, -0.25) is 4.68 Å². The number of aromatic nitrogens is 3.